The van der Waals surface area contributed by atoms with Crippen LogP contribution in [0.4, 0.5) is 0 Å². The molecule has 1 aliphatic heterocycles. The zero-order valence-corrected chi connectivity index (χ0v) is 6.13. The lowest BCUT2D eigenvalue weighted by molar-refractivity contribution is -0.131. The second-order valence-corrected chi connectivity index (χ2v) is 2.61. The topological polar surface area (TPSA) is 39.2 Å². The van der Waals surface area contributed by atoms with Gasteiger partial charge in [0.05, 0.1) is 12.1 Å². The number of rotatable bonds is 0. The van der Waals surface area contributed by atoms with Crippen molar-refractivity contribution in [3.05, 3.63) is 23.5 Å². The molecule has 0 saturated carbocycles. The van der Waals surface area contributed by atoms with Crippen LogP contribution in [0.3, 0.4) is 0 Å². The molecule has 0 amide bonds. The molecule has 3 heteroatoms. The van der Waals surface area contributed by atoms with Gasteiger partial charge in [-0.25, -0.2) is 0 Å². The lowest BCUT2D eigenvalue weighted by Crippen LogP contribution is -2.00. The Kier molecular flexibility index (Phi) is 1.18. The summed E-state index contributed by atoms with van der Waals surface area (Å²) in [5.41, 5.74) is 1.76. The molecular weight excluding hydrogens is 142 g/mol. The maximum Gasteiger partial charge on any atom is 0.317 e. The van der Waals surface area contributed by atoms with Gasteiger partial charge in [-0.15, -0.1) is 0 Å². The van der Waals surface area contributed by atoms with Crippen LogP contribution in [0.25, 0.3) is 0 Å². The summed E-state index contributed by atoms with van der Waals surface area (Å²) in [6.07, 6.45) is 2.05. The summed E-state index contributed by atoms with van der Waals surface area (Å²) in [6.45, 7) is 1.92. The summed E-state index contributed by atoms with van der Waals surface area (Å²) in [7, 11) is 0. The van der Waals surface area contributed by atoms with Crippen molar-refractivity contribution < 1.29 is 9.53 Å². The molecule has 0 radical (unpaired) electrons. The van der Waals surface area contributed by atoms with Gasteiger partial charge in [-0.1, -0.05) is 0 Å². The van der Waals surface area contributed by atoms with Crippen molar-refractivity contribution >= 4 is 5.97 Å². The number of hydrogen-bond acceptors (Lipinski definition) is 3. The average molecular weight is 149 g/mol. The highest BCUT2D eigenvalue weighted by molar-refractivity contribution is 5.79. The summed E-state index contributed by atoms with van der Waals surface area (Å²) >= 11 is 0. The minimum Gasteiger partial charge on any atom is -0.424 e. The Hall–Kier alpha value is -1.38. The van der Waals surface area contributed by atoms with Crippen LogP contribution in [-0.4, -0.2) is 11.0 Å². The first-order valence-corrected chi connectivity index (χ1v) is 3.42. The van der Waals surface area contributed by atoms with Gasteiger partial charge in [0.25, 0.3) is 0 Å². The number of aryl methyl sites for hydroxylation is 1. The number of esters is 1. The molecule has 2 rings (SSSR count). The first-order chi connectivity index (χ1) is 5.25. The number of aromatic nitrogens is 1. The SMILES string of the molecule is Cc1cnc2c(c1)OC(=O)C2. The molecule has 0 aromatic carbocycles. The zero-order chi connectivity index (χ0) is 7.84. The van der Waals surface area contributed by atoms with Crippen molar-refractivity contribution in [2.75, 3.05) is 0 Å². The summed E-state index contributed by atoms with van der Waals surface area (Å²) in [5.74, 6) is 0.410. The molecule has 11 heavy (non-hydrogen) atoms. The highest BCUT2D eigenvalue weighted by atomic mass is 16.5. The maximum absolute atomic E-state index is 10.7. The Bertz CT molecular complexity index is 320. The van der Waals surface area contributed by atoms with E-state index in [1.165, 1.54) is 0 Å². The Morgan fingerprint density at radius 2 is 2.45 bits per heavy atom. The van der Waals surface area contributed by atoms with Gasteiger partial charge in [-0.3, -0.25) is 9.78 Å². The van der Waals surface area contributed by atoms with E-state index in [9.17, 15) is 4.79 Å². The first kappa shape index (κ1) is 6.34. The van der Waals surface area contributed by atoms with Crippen LogP contribution in [0.5, 0.6) is 5.75 Å². The quantitative estimate of drug-likeness (QED) is 0.513. The molecule has 0 saturated heterocycles. The number of ether oxygens (including phenoxy) is 1. The normalized spacial score (nSPS) is 14.5. The van der Waals surface area contributed by atoms with E-state index in [-0.39, 0.29) is 5.97 Å². The lowest BCUT2D eigenvalue weighted by Gasteiger charge is -1.95. The molecule has 1 aliphatic rings. The van der Waals surface area contributed by atoms with Crippen molar-refractivity contribution in [1.29, 1.82) is 0 Å². The molecule has 0 atom stereocenters. The Labute approximate surface area is 64.0 Å². The van der Waals surface area contributed by atoms with Crippen molar-refractivity contribution in [1.82, 2.24) is 4.98 Å². The van der Waals surface area contributed by atoms with Gasteiger partial charge in [-0.2, -0.15) is 0 Å². The summed E-state index contributed by atoms with van der Waals surface area (Å²) in [6, 6.07) is 1.83. The lowest BCUT2D eigenvalue weighted by atomic mass is 10.2. The molecule has 1 aromatic heterocycles. The van der Waals surface area contributed by atoms with E-state index in [1.807, 2.05) is 13.0 Å². The van der Waals surface area contributed by atoms with Crippen LogP contribution in [-0.2, 0) is 11.2 Å². The van der Waals surface area contributed by atoms with Gasteiger partial charge in [0.1, 0.15) is 0 Å². The number of pyridine rings is 1. The van der Waals surface area contributed by atoms with Crippen LogP contribution in [0.2, 0.25) is 0 Å². The number of nitrogens with zero attached hydrogens (tertiary/aromatic N) is 1. The van der Waals surface area contributed by atoms with Crippen LogP contribution < -0.4 is 4.74 Å². The van der Waals surface area contributed by atoms with E-state index in [0.29, 0.717) is 12.2 Å². The highest BCUT2D eigenvalue weighted by Crippen LogP contribution is 2.23. The van der Waals surface area contributed by atoms with E-state index in [4.69, 9.17) is 4.74 Å². The fraction of sp³-hybridized carbons (Fsp3) is 0.250. The van der Waals surface area contributed by atoms with Gasteiger partial charge in [-0.05, 0) is 18.6 Å². The van der Waals surface area contributed by atoms with Crippen LogP contribution in [0, 0.1) is 6.92 Å². The first-order valence-electron chi connectivity index (χ1n) is 3.42. The third-order valence-corrected chi connectivity index (χ3v) is 1.60. The van der Waals surface area contributed by atoms with Crippen molar-refractivity contribution in [3.8, 4) is 5.75 Å². The van der Waals surface area contributed by atoms with Gasteiger partial charge < -0.3 is 4.74 Å². The van der Waals surface area contributed by atoms with E-state index in [0.717, 1.165) is 11.3 Å². The molecule has 3 nitrogen and oxygen atoms in total. The maximum atomic E-state index is 10.7. The van der Waals surface area contributed by atoms with Crippen molar-refractivity contribution in [3.63, 3.8) is 0 Å². The molecule has 0 N–H and O–H groups in total. The molecule has 0 unspecified atom stereocenters. The molecular formula is C8H7NO2. The van der Waals surface area contributed by atoms with E-state index in [1.54, 1.807) is 6.20 Å². The van der Waals surface area contributed by atoms with Crippen molar-refractivity contribution in [2.24, 2.45) is 0 Å². The van der Waals surface area contributed by atoms with E-state index >= 15 is 0 Å². The van der Waals surface area contributed by atoms with Gasteiger partial charge in [0.2, 0.25) is 0 Å². The summed E-state index contributed by atoms with van der Waals surface area (Å²) < 4.78 is 4.89. The predicted octanol–water partition coefficient (Wildman–Crippen LogP) is 0.852. The monoisotopic (exact) mass is 149 g/mol. The Morgan fingerprint density at radius 3 is 3.27 bits per heavy atom. The Morgan fingerprint density at radius 1 is 1.64 bits per heavy atom. The minimum absolute atomic E-state index is 0.210. The minimum atomic E-state index is -0.210. The molecule has 0 spiro atoms. The van der Waals surface area contributed by atoms with Crippen LogP contribution >= 0.6 is 0 Å². The standard InChI is InChI=1S/C8H7NO2/c1-5-2-7-6(9-4-5)3-8(10)11-7/h2,4H,3H2,1H3. The zero-order valence-electron chi connectivity index (χ0n) is 6.13. The van der Waals surface area contributed by atoms with Crippen LogP contribution in [0.15, 0.2) is 12.3 Å². The smallest absolute Gasteiger partial charge is 0.317 e. The average Bonchev–Trinajstić information content (AvgIpc) is 2.27. The molecule has 0 fully saturated rings. The number of fused-ring (bicyclic) bond motifs is 1. The van der Waals surface area contributed by atoms with E-state index in [2.05, 4.69) is 4.98 Å². The molecule has 56 valence electrons. The number of carbonyl (C=O) groups is 1. The third-order valence-electron chi connectivity index (χ3n) is 1.60. The van der Waals surface area contributed by atoms with E-state index < -0.39 is 0 Å². The van der Waals surface area contributed by atoms with Crippen molar-refractivity contribution in [2.45, 2.75) is 13.3 Å². The molecule has 0 bridgehead atoms. The van der Waals surface area contributed by atoms with Crippen LogP contribution in [0.1, 0.15) is 11.3 Å². The number of carbonyl (C=O) groups excluding carboxylic acids is 1. The highest BCUT2D eigenvalue weighted by Gasteiger charge is 2.20. The second-order valence-electron chi connectivity index (χ2n) is 2.61. The third kappa shape index (κ3) is 0.981. The fourth-order valence-corrected chi connectivity index (χ4v) is 1.09. The second kappa shape index (κ2) is 2.05. The predicted molar refractivity (Wildman–Crippen MR) is 38.3 cm³/mol. The van der Waals surface area contributed by atoms with Gasteiger partial charge in [0, 0.05) is 6.20 Å². The molecule has 0 aliphatic carbocycles. The van der Waals surface area contributed by atoms with Gasteiger partial charge in [0.15, 0.2) is 5.75 Å². The number of hydrogen-bond donors (Lipinski definition) is 0. The van der Waals surface area contributed by atoms with Gasteiger partial charge >= 0.3 is 5.97 Å². The summed E-state index contributed by atoms with van der Waals surface area (Å²) in [5, 5.41) is 0. The Balaban J connectivity index is 2.51. The largest absolute Gasteiger partial charge is 0.424 e. The fourth-order valence-electron chi connectivity index (χ4n) is 1.09. The summed E-state index contributed by atoms with van der Waals surface area (Å²) in [4.78, 5) is 14.8. The molecule has 2 heterocycles. The molecule has 1 aromatic rings.